The predicted molar refractivity (Wildman–Crippen MR) is 80.1 cm³/mol. The Hall–Kier alpha value is -1.28. The minimum absolute atomic E-state index is 0.0925. The smallest absolute Gasteiger partial charge is 0.433 e. The standard InChI is InChI=1S/C13H9Br2F3N2O/c14-9-3-7(4-10(15)12(9)21)5-19-8-1-2-11(20-6-8)13(16,17)18/h1-4,6,19,21H,5H2. The Kier molecular flexibility index (Phi) is 4.77. The molecule has 0 spiro atoms. The van der Waals surface area contributed by atoms with Gasteiger partial charge in [0.25, 0.3) is 0 Å². The van der Waals surface area contributed by atoms with Crippen LogP contribution in [0, 0.1) is 0 Å². The van der Waals surface area contributed by atoms with Gasteiger partial charge in [-0.05, 0) is 61.7 Å². The first-order chi connectivity index (χ1) is 9.77. The number of anilines is 1. The molecule has 0 aliphatic carbocycles. The number of phenols is 1. The summed E-state index contributed by atoms with van der Waals surface area (Å²) in [6, 6.07) is 5.67. The van der Waals surface area contributed by atoms with Crippen molar-refractivity contribution in [1.82, 2.24) is 4.98 Å². The fraction of sp³-hybridized carbons (Fsp3) is 0.154. The molecule has 1 aromatic heterocycles. The van der Waals surface area contributed by atoms with Crippen LogP contribution in [-0.4, -0.2) is 10.1 Å². The molecule has 21 heavy (non-hydrogen) atoms. The third-order valence-corrected chi connectivity index (χ3v) is 3.84. The molecule has 0 bridgehead atoms. The van der Waals surface area contributed by atoms with Crippen LogP contribution in [0.3, 0.4) is 0 Å². The molecule has 0 amide bonds. The van der Waals surface area contributed by atoms with Crippen molar-refractivity contribution in [1.29, 1.82) is 0 Å². The van der Waals surface area contributed by atoms with Crippen molar-refractivity contribution in [3.63, 3.8) is 0 Å². The highest BCUT2D eigenvalue weighted by Gasteiger charge is 2.31. The minimum atomic E-state index is -4.44. The van der Waals surface area contributed by atoms with Crippen LogP contribution in [0.4, 0.5) is 18.9 Å². The summed E-state index contributed by atoms with van der Waals surface area (Å²) in [6.07, 6.45) is -3.31. The molecular formula is C13H9Br2F3N2O. The summed E-state index contributed by atoms with van der Waals surface area (Å²) in [6.45, 7) is 0.379. The summed E-state index contributed by atoms with van der Waals surface area (Å²) in [5.41, 5.74) is 0.387. The van der Waals surface area contributed by atoms with E-state index in [0.29, 0.717) is 21.2 Å². The van der Waals surface area contributed by atoms with Gasteiger partial charge in [0, 0.05) is 6.54 Å². The van der Waals surface area contributed by atoms with Crippen LogP contribution in [0.25, 0.3) is 0 Å². The van der Waals surface area contributed by atoms with Crippen LogP contribution in [-0.2, 0) is 12.7 Å². The maximum Gasteiger partial charge on any atom is 0.433 e. The van der Waals surface area contributed by atoms with Crippen LogP contribution >= 0.6 is 31.9 Å². The van der Waals surface area contributed by atoms with Crippen molar-refractivity contribution in [3.05, 3.63) is 50.7 Å². The van der Waals surface area contributed by atoms with Gasteiger partial charge in [0.15, 0.2) is 0 Å². The number of hydrogen-bond acceptors (Lipinski definition) is 3. The maximum atomic E-state index is 12.4. The van der Waals surface area contributed by atoms with Crippen LogP contribution < -0.4 is 5.32 Å². The van der Waals surface area contributed by atoms with Gasteiger partial charge in [-0.25, -0.2) is 4.98 Å². The zero-order valence-corrected chi connectivity index (χ0v) is 13.6. The lowest BCUT2D eigenvalue weighted by molar-refractivity contribution is -0.141. The van der Waals surface area contributed by atoms with Crippen molar-refractivity contribution < 1.29 is 18.3 Å². The van der Waals surface area contributed by atoms with Gasteiger partial charge in [0.05, 0.1) is 20.8 Å². The number of phenolic OH excluding ortho intramolecular Hbond substituents is 1. The van der Waals surface area contributed by atoms with E-state index in [4.69, 9.17) is 0 Å². The summed E-state index contributed by atoms with van der Waals surface area (Å²) >= 11 is 6.42. The molecule has 112 valence electrons. The number of aromatic nitrogens is 1. The number of pyridine rings is 1. The van der Waals surface area contributed by atoms with E-state index in [0.717, 1.165) is 17.8 Å². The van der Waals surface area contributed by atoms with Gasteiger partial charge in [-0.2, -0.15) is 13.2 Å². The first kappa shape index (κ1) is 16.1. The molecule has 2 aromatic rings. The van der Waals surface area contributed by atoms with Crippen LogP contribution in [0.1, 0.15) is 11.3 Å². The van der Waals surface area contributed by atoms with Gasteiger partial charge in [-0.3, -0.25) is 0 Å². The molecule has 1 aromatic carbocycles. The lowest BCUT2D eigenvalue weighted by Gasteiger charge is -2.10. The van der Waals surface area contributed by atoms with E-state index >= 15 is 0 Å². The summed E-state index contributed by atoms with van der Waals surface area (Å²) < 4.78 is 38.2. The van der Waals surface area contributed by atoms with Gasteiger partial charge in [0.2, 0.25) is 0 Å². The van der Waals surface area contributed by atoms with Crippen LogP contribution in [0.2, 0.25) is 0 Å². The summed E-state index contributed by atoms with van der Waals surface area (Å²) in [4.78, 5) is 3.37. The topological polar surface area (TPSA) is 45.1 Å². The molecule has 0 saturated heterocycles. The summed E-state index contributed by atoms with van der Waals surface area (Å²) in [7, 11) is 0. The highest BCUT2D eigenvalue weighted by atomic mass is 79.9. The van der Waals surface area contributed by atoms with Gasteiger partial charge < -0.3 is 10.4 Å². The lowest BCUT2D eigenvalue weighted by Crippen LogP contribution is -2.08. The predicted octanol–water partition coefficient (Wildman–Crippen LogP) is 4.94. The zero-order valence-electron chi connectivity index (χ0n) is 10.4. The van der Waals surface area contributed by atoms with E-state index in [1.807, 2.05) is 0 Å². The van der Waals surface area contributed by atoms with Crippen molar-refractivity contribution in [2.24, 2.45) is 0 Å². The first-order valence-corrected chi connectivity index (χ1v) is 7.30. The molecule has 0 radical (unpaired) electrons. The second-order valence-electron chi connectivity index (χ2n) is 4.19. The van der Waals surface area contributed by atoms with Crippen molar-refractivity contribution in [3.8, 4) is 5.75 Å². The van der Waals surface area contributed by atoms with E-state index in [1.165, 1.54) is 6.07 Å². The molecule has 0 unspecified atom stereocenters. The highest BCUT2D eigenvalue weighted by molar-refractivity contribution is 9.11. The average Bonchev–Trinajstić information content (AvgIpc) is 2.42. The van der Waals surface area contributed by atoms with E-state index in [-0.39, 0.29) is 5.75 Å². The molecule has 8 heteroatoms. The second kappa shape index (κ2) is 6.23. The van der Waals surface area contributed by atoms with Gasteiger partial charge in [0.1, 0.15) is 11.4 Å². The Bertz CT molecular complexity index is 622. The van der Waals surface area contributed by atoms with Gasteiger partial charge in [-0.1, -0.05) is 0 Å². The van der Waals surface area contributed by atoms with E-state index in [9.17, 15) is 18.3 Å². The van der Waals surface area contributed by atoms with Crippen molar-refractivity contribution in [2.45, 2.75) is 12.7 Å². The monoisotopic (exact) mass is 424 g/mol. The Morgan fingerprint density at radius 1 is 1.14 bits per heavy atom. The van der Waals surface area contributed by atoms with Crippen LogP contribution in [0.5, 0.6) is 5.75 Å². The Morgan fingerprint density at radius 3 is 2.24 bits per heavy atom. The number of alkyl halides is 3. The number of halogens is 5. The first-order valence-electron chi connectivity index (χ1n) is 5.71. The fourth-order valence-electron chi connectivity index (χ4n) is 1.59. The van der Waals surface area contributed by atoms with Crippen LogP contribution in [0.15, 0.2) is 39.4 Å². The fourth-order valence-corrected chi connectivity index (χ4v) is 2.87. The third kappa shape index (κ3) is 4.10. The normalized spacial score (nSPS) is 11.5. The third-order valence-electron chi connectivity index (χ3n) is 2.63. The number of rotatable bonds is 3. The number of benzene rings is 1. The summed E-state index contributed by atoms with van der Waals surface area (Å²) in [5, 5.41) is 12.6. The maximum absolute atomic E-state index is 12.4. The molecule has 0 saturated carbocycles. The molecule has 1 heterocycles. The van der Waals surface area contributed by atoms with E-state index in [2.05, 4.69) is 42.2 Å². The van der Waals surface area contributed by atoms with E-state index in [1.54, 1.807) is 12.1 Å². The lowest BCUT2D eigenvalue weighted by atomic mass is 10.2. The molecule has 0 fully saturated rings. The second-order valence-corrected chi connectivity index (χ2v) is 5.90. The van der Waals surface area contributed by atoms with Crippen molar-refractivity contribution >= 4 is 37.5 Å². The highest BCUT2D eigenvalue weighted by Crippen LogP contribution is 2.33. The molecule has 3 nitrogen and oxygen atoms in total. The Balaban J connectivity index is 2.07. The molecule has 0 atom stereocenters. The SMILES string of the molecule is Oc1c(Br)cc(CNc2ccc(C(F)(F)F)nc2)cc1Br. The number of nitrogens with one attached hydrogen (secondary N) is 1. The number of hydrogen-bond donors (Lipinski definition) is 2. The van der Waals surface area contributed by atoms with E-state index < -0.39 is 11.9 Å². The largest absolute Gasteiger partial charge is 0.506 e. The summed E-state index contributed by atoms with van der Waals surface area (Å²) in [5.74, 6) is 0.0925. The molecule has 2 N–H and O–H groups in total. The number of aromatic hydroxyl groups is 1. The molecule has 2 rings (SSSR count). The minimum Gasteiger partial charge on any atom is -0.506 e. The zero-order chi connectivity index (χ0) is 15.6. The van der Waals surface area contributed by atoms with Crippen molar-refractivity contribution in [2.75, 3.05) is 5.32 Å². The molecular weight excluding hydrogens is 417 g/mol. The Morgan fingerprint density at radius 2 is 1.76 bits per heavy atom. The quantitative estimate of drug-likeness (QED) is 0.731. The van der Waals surface area contributed by atoms with Gasteiger partial charge >= 0.3 is 6.18 Å². The number of nitrogens with zero attached hydrogens (tertiary/aromatic N) is 1. The molecule has 0 aliphatic rings. The van der Waals surface area contributed by atoms with Gasteiger partial charge in [-0.15, -0.1) is 0 Å². The molecule has 0 aliphatic heterocycles. The average molecular weight is 426 g/mol. The Labute approximate surface area is 135 Å².